The van der Waals surface area contributed by atoms with Gasteiger partial charge in [0.25, 0.3) is 0 Å². The molecule has 210 valence electrons. The summed E-state index contributed by atoms with van der Waals surface area (Å²) in [7, 11) is 0. The number of halogens is 2. The maximum absolute atomic E-state index is 16.6. The number of aromatic nitrogens is 3. The molecule has 3 aliphatic heterocycles. The molecule has 0 unspecified atom stereocenters. The molecular formula is C32H32F2N6O. The molecule has 2 aromatic heterocycles. The molecule has 5 heterocycles. The van der Waals surface area contributed by atoms with Gasteiger partial charge in [0.05, 0.1) is 10.9 Å². The monoisotopic (exact) mass is 554 g/mol. The van der Waals surface area contributed by atoms with Crippen LogP contribution in [-0.4, -0.2) is 77.4 Å². The molecule has 41 heavy (non-hydrogen) atoms. The van der Waals surface area contributed by atoms with E-state index in [1.165, 1.54) is 0 Å². The third-order valence-electron chi connectivity index (χ3n) is 8.83. The summed E-state index contributed by atoms with van der Waals surface area (Å²) in [5.41, 5.74) is 1.25. The van der Waals surface area contributed by atoms with E-state index in [4.69, 9.17) is 16.1 Å². The number of nitrogens with one attached hydrogen (secondary N) is 1. The van der Waals surface area contributed by atoms with E-state index in [0.717, 1.165) is 56.2 Å². The molecule has 0 spiro atoms. The molecule has 1 N–H and O–H groups in total. The predicted octanol–water partition coefficient (Wildman–Crippen LogP) is 4.72. The Labute approximate surface area is 237 Å². The second-order valence-corrected chi connectivity index (χ2v) is 11.3. The zero-order chi connectivity index (χ0) is 28.0. The number of nitrogens with zero attached hydrogens (tertiary/aromatic N) is 5. The van der Waals surface area contributed by atoms with Gasteiger partial charge >= 0.3 is 6.01 Å². The van der Waals surface area contributed by atoms with E-state index in [9.17, 15) is 4.39 Å². The minimum Gasteiger partial charge on any atom is -0.461 e. The predicted molar refractivity (Wildman–Crippen MR) is 156 cm³/mol. The second kappa shape index (κ2) is 10.5. The number of benzene rings is 2. The van der Waals surface area contributed by atoms with Crippen molar-refractivity contribution in [1.82, 2.24) is 25.2 Å². The first kappa shape index (κ1) is 26.1. The number of rotatable bonds is 5. The van der Waals surface area contributed by atoms with Crippen LogP contribution in [0.2, 0.25) is 0 Å². The summed E-state index contributed by atoms with van der Waals surface area (Å²) in [4.78, 5) is 18.3. The first-order chi connectivity index (χ1) is 20.1. The largest absolute Gasteiger partial charge is 0.461 e. The van der Waals surface area contributed by atoms with Gasteiger partial charge in [-0.2, -0.15) is 9.97 Å². The molecule has 0 aliphatic carbocycles. The van der Waals surface area contributed by atoms with Gasteiger partial charge in [0.1, 0.15) is 29.8 Å². The van der Waals surface area contributed by atoms with Crippen LogP contribution in [0.25, 0.3) is 32.9 Å². The van der Waals surface area contributed by atoms with Gasteiger partial charge in [0.15, 0.2) is 5.82 Å². The summed E-state index contributed by atoms with van der Waals surface area (Å²) in [6.07, 6.45) is 9.85. The van der Waals surface area contributed by atoms with Crippen molar-refractivity contribution in [2.75, 3.05) is 50.8 Å². The van der Waals surface area contributed by atoms with E-state index in [1.54, 1.807) is 6.20 Å². The van der Waals surface area contributed by atoms with Crippen molar-refractivity contribution < 1.29 is 13.5 Å². The third kappa shape index (κ3) is 4.55. The van der Waals surface area contributed by atoms with Crippen LogP contribution in [0.1, 0.15) is 31.2 Å². The van der Waals surface area contributed by atoms with Crippen LogP contribution in [-0.2, 0) is 0 Å². The number of ether oxygens (including phenoxy) is 1. The van der Waals surface area contributed by atoms with Gasteiger partial charge < -0.3 is 15.0 Å². The van der Waals surface area contributed by atoms with E-state index in [1.807, 2.05) is 36.4 Å². The minimum atomic E-state index is -0.865. The molecule has 0 radical (unpaired) electrons. The van der Waals surface area contributed by atoms with Crippen LogP contribution in [0.3, 0.4) is 0 Å². The Morgan fingerprint density at radius 1 is 1.10 bits per heavy atom. The molecule has 0 amide bonds. The van der Waals surface area contributed by atoms with Gasteiger partial charge in [-0.15, -0.1) is 6.42 Å². The Kier molecular flexibility index (Phi) is 6.68. The van der Waals surface area contributed by atoms with Gasteiger partial charge in [0.2, 0.25) is 0 Å². The van der Waals surface area contributed by atoms with Crippen LogP contribution in [0.4, 0.5) is 14.6 Å². The van der Waals surface area contributed by atoms with Crippen molar-refractivity contribution >= 4 is 27.5 Å². The number of anilines is 1. The maximum atomic E-state index is 16.6. The molecule has 0 saturated carbocycles. The Balaban J connectivity index is 1.35. The van der Waals surface area contributed by atoms with Crippen molar-refractivity contribution in [1.29, 1.82) is 0 Å². The van der Waals surface area contributed by atoms with Gasteiger partial charge in [-0.25, -0.2) is 8.78 Å². The van der Waals surface area contributed by atoms with Crippen LogP contribution in [0, 0.1) is 18.2 Å². The highest BCUT2D eigenvalue weighted by atomic mass is 19.1. The summed E-state index contributed by atoms with van der Waals surface area (Å²) in [5.74, 6) is 2.78. The van der Waals surface area contributed by atoms with Crippen molar-refractivity contribution in [3.8, 4) is 29.6 Å². The van der Waals surface area contributed by atoms with E-state index < -0.39 is 12.0 Å². The average molecular weight is 555 g/mol. The Hall–Kier alpha value is -3.87. The van der Waals surface area contributed by atoms with Crippen LogP contribution in [0.15, 0.2) is 42.6 Å². The zero-order valence-corrected chi connectivity index (χ0v) is 22.9. The molecule has 0 bridgehead atoms. The molecule has 2 atom stereocenters. The van der Waals surface area contributed by atoms with Gasteiger partial charge in [0, 0.05) is 55.3 Å². The summed E-state index contributed by atoms with van der Waals surface area (Å²) in [5, 5.41) is 5.62. The molecule has 3 fully saturated rings. The lowest BCUT2D eigenvalue weighted by Gasteiger charge is -2.31. The highest BCUT2D eigenvalue weighted by Gasteiger charge is 2.49. The number of pyridine rings is 1. The molecule has 3 aliphatic rings. The van der Waals surface area contributed by atoms with E-state index >= 15 is 4.39 Å². The summed E-state index contributed by atoms with van der Waals surface area (Å²) in [6.45, 7) is 4.74. The molecular weight excluding hydrogens is 522 g/mol. The normalized spacial score (nSPS) is 23.0. The number of terminal acetylenes is 1. The standard InChI is InChI=1S/C32H32F2N6O/c1-2-21-7-3-8-22-9-4-10-24(26(21)22)28-27(34)29-25(18-36-28)30(39-14-6-12-35-13-16-39)38-31(37-29)41-20-32-11-5-15-40(32)19-23(33)17-32/h1,3-4,7-10,18,23,35H,5-6,11-17,19-20H2/t23-,32+/m1/s1. The summed E-state index contributed by atoms with van der Waals surface area (Å²) in [6, 6.07) is 11.5. The topological polar surface area (TPSA) is 66.4 Å². The van der Waals surface area contributed by atoms with Gasteiger partial charge in [-0.3, -0.25) is 9.88 Å². The summed E-state index contributed by atoms with van der Waals surface area (Å²) < 4.78 is 37.2. The molecule has 9 heteroatoms. The van der Waals surface area contributed by atoms with E-state index in [0.29, 0.717) is 41.8 Å². The SMILES string of the molecule is C#Cc1cccc2cccc(-c3ncc4c(N5CCCNCC5)nc(OC[C@@]56CCCN5C[C@H](F)C6)nc4c3F)c12. The average Bonchev–Trinajstić information content (AvgIpc) is 3.37. The highest BCUT2D eigenvalue weighted by Crippen LogP contribution is 2.41. The first-order valence-electron chi connectivity index (χ1n) is 14.4. The van der Waals surface area contributed by atoms with Gasteiger partial charge in [-0.05, 0) is 43.8 Å². The third-order valence-corrected chi connectivity index (χ3v) is 8.83. The maximum Gasteiger partial charge on any atom is 0.319 e. The Morgan fingerprint density at radius 2 is 1.98 bits per heavy atom. The minimum absolute atomic E-state index is 0.103. The van der Waals surface area contributed by atoms with Crippen molar-refractivity contribution in [2.45, 2.75) is 37.4 Å². The van der Waals surface area contributed by atoms with Crippen molar-refractivity contribution in [2.24, 2.45) is 0 Å². The second-order valence-electron chi connectivity index (χ2n) is 11.3. The highest BCUT2D eigenvalue weighted by molar-refractivity contribution is 6.01. The number of hydrogen-bond donors (Lipinski definition) is 1. The lowest BCUT2D eigenvalue weighted by Crippen LogP contribution is -2.43. The first-order valence-corrected chi connectivity index (χ1v) is 14.4. The van der Waals surface area contributed by atoms with Crippen molar-refractivity contribution in [3.63, 3.8) is 0 Å². The number of fused-ring (bicyclic) bond motifs is 3. The van der Waals surface area contributed by atoms with E-state index in [-0.39, 0.29) is 29.4 Å². The molecule has 7 nitrogen and oxygen atoms in total. The Morgan fingerprint density at radius 3 is 2.85 bits per heavy atom. The smallest absolute Gasteiger partial charge is 0.319 e. The lowest BCUT2D eigenvalue weighted by atomic mass is 9.95. The number of hydrogen-bond acceptors (Lipinski definition) is 7. The zero-order valence-electron chi connectivity index (χ0n) is 22.9. The van der Waals surface area contributed by atoms with Crippen LogP contribution < -0.4 is 15.0 Å². The van der Waals surface area contributed by atoms with E-state index in [2.05, 4.69) is 31.0 Å². The van der Waals surface area contributed by atoms with Crippen LogP contribution in [0.5, 0.6) is 6.01 Å². The molecule has 3 saturated heterocycles. The fraction of sp³-hybridized carbons (Fsp3) is 0.406. The molecule has 2 aromatic carbocycles. The molecule has 7 rings (SSSR count). The summed E-state index contributed by atoms with van der Waals surface area (Å²) >= 11 is 0. The fourth-order valence-corrected chi connectivity index (χ4v) is 6.88. The quantitative estimate of drug-likeness (QED) is 0.358. The van der Waals surface area contributed by atoms with Crippen molar-refractivity contribution in [3.05, 3.63) is 54.0 Å². The fourth-order valence-electron chi connectivity index (χ4n) is 6.88. The van der Waals surface area contributed by atoms with Gasteiger partial charge in [-0.1, -0.05) is 36.3 Å². The van der Waals surface area contributed by atoms with Crippen LogP contribution >= 0.6 is 0 Å². The molecule has 4 aromatic rings. The Bertz CT molecular complexity index is 1660. The lowest BCUT2D eigenvalue weighted by molar-refractivity contribution is 0.107. The number of alkyl halides is 1.